The van der Waals surface area contributed by atoms with Gasteiger partial charge in [-0.3, -0.25) is 0 Å². The van der Waals surface area contributed by atoms with E-state index in [-0.39, 0.29) is 6.61 Å². The molecule has 1 aromatic carbocycles. The Balaban J connectivity index is 2.95. The lowest BCUT2D eigenvalue weighted by atomic mass is 9.85. The van der Waals surface area contributed by atoms with Crippen molar-refractivity contribution in [2.24, 2.45) is 0 Å². The van der Waals surface area contributed by atoms with Gasteiger partial charge in [0.25, 0.3) is 0 Å². The van der Waals surface area contributed by atoms with Crippen LogP contribution >= 0.6 is 0 Å². The third-order valence-electron chi connectivity index (χ3n) is 2.88. The van der Waals surface area contributed by atoms with Crippen LogP contribution < -0.4 is 0 Å². The van der Waals surface area contributed by atoms with Gasteiger partial charge in [-0.1, -0.05) is 19.1 Å². The average molecular weight is 240 g/mol. The van der Waals surface area contributed by atoms with Gasteiger partial charge in [-0.2, -0.15) is 0 Å². The second-order valence-electron chi connectivity index (χ2n) is 4.14. The Hall–Kier alpha value is -1.42. The van der Waals surface area contributed by atoms with Crippen LogP contribution in [0.1, 0.15) is 32.3 Å². The predicted molar refractivity (Wildman–Crippen MR) is 62.1 cm³/mol. The van der Waals surface area contributed by atoms with E-state index in [1.807, 2.05) is 0 Å². The monoisotopic (exact) mass is 240 g/mol. The van der Waals surface area contributed by atoms with Crippen LogP contribution in [0.4, 0.5) is 4.39 Å². The standard InChI is InChI=1S/C13H17FO3/c1-4-17-12(15)13(3,16)9(2)10-6-5-7-11(14)8-10/h5-9,16H,4H2,1-3H3. The molecular weight excluding hydrogens is 223 g/mol. The molecular formula is C13H17FO3. The molecule has 1 rings (SSSR count). The zero-order valence-corrected chi connectivity index (χ0v) is 10.2. The molecule has 0 aliphatic carbocycles. The molecule has 3 nitrogen and oxygen atoms in total. The van der Waals surface area contributed by atoms with Crippen LogP contribution in [0, 0.1) is 5.82 Å². The van der Waals surface area contributed by atoms with E-state index in [1.165, 1.54) is 19.1 Å². The highest BCUT2D eigenvalue weighted by atomic mass is 19.1. The van der Waals surface area contributed by atoms with Gasteiger partial charge in [0.15, 0.2) is 5.60 Å². The van der Waals surface area contributed by atoms with E-state index >= 15 is 0 Å². The van der Waals surface area contributed by atoms with E-state index in [4.69, 9.17) is 4.74 Å². The number of esters is 1. The maximum absolute atomic E-state index is 13.1. The van der Waals surface area contributed by atoms with Crippen molar-refractivity contribution in [2.45, 2.75) is 32.3 Å². The molecule has 0 aliphatic rings. The van der Waals surface area contributed by atoms with Crippen molar-refractivity contribution in [3.63, 3.8) is 0 Å². The number of hydrogen-bond donors (Lipinski definition) is 1. The Morgan fingerprint density at radius 3 is 2.76 bits per heavy atom. The summed E-state index contributed by atoms with van der Waals surface area (Å²) in [5, 5.41) is 10.1. The lowest BCUT2D eigenvalue weighted by molar-refractivity contribution is -0.165. The average Bonchev–Trinajstić information content (AvgIpc) is 2.28. The Morgan fingerprint density at radius 2 is 2.24 bits per heavy atom. The number of carbonyl (C=O) groups is 1. The van der Waals surface area contributed by atoms with Crippen LogP contribution in [0.3, 0.4) is 0 Å². The number of halogens is 1. The first-order valence-electron chi connectivity index (χ1n) is 5.54. The molecule has 0 aliphatic heterocycles. The van der Waals surface area contributed by atoms with Crippen LogP contribution in [0.2, 0.25) is 0 Å². The fourth-order valence-corrected chi connectivity index (χ4v) is 1.55. The normalized spacial score (nSPS) is 16.1. The molecule has 2 atom stereocenters. The number of benzene rings is 1. The minimum absolute atomic E-state index is 0.199. The first kappa shape index (κ1) is 13.6. The summed E-state index contributed by atoms with van der Waals surface area (Å²) in [6.07, 6.45) is 0. The summed E-state index contributed by atoms with van der Waals surface area (Å²) in [5.74, 6) is -1.64. The predicted octanol–water partition coefficient (Wildman–Crippen LogP) is 2.24. The maximum atomic E-state index is 13.1. The van der Waals surface area contributed by atoms with Crippen molar-refractivity contribution in [3.05, 3.63) is 35.6 Å². The van der Waals surface area contributed by atoms with E-state index in [0.29, 0.717) is 5.56 Å². The summed E-state index contributed by atoms with van der Waals surface area (Å²) >= 11 is 0. The van der Waals surface area contributed by atoms with Crippen LogP contribution in [0.15, 0.2) is 24.3 Å². The molecule has 2 unspecified atom stereocenters. The molecule has 0 bridgehead atoms. The third-order valence-corrected chi connectivity index (χ3v) is 2.88. The van der Waals surface area contributed by atoms with E-state index < -0.39 is 23.3 Å². The molecule has 0 saturated heterocycles. The maximum Gasteiger partial charge on any atom is 0.338 e. The Morgan fingerprint density at radius 1 is 1.59 bits per heavy atom. The van der Waals surface area contributed by atoms with Crippen molar-refractivity contribution < 1.29 is 19.0 Å². The van der Waals surface area contributed by atoms with Crippen LogP contribution in [0.25, 0.3) is 0 Å². The molecule has 0 aromatic heterocycles. The summed E-state index contributed by atoms with van der Waals surface area (Å²) in [6, 6.07) is 5.83. The molecule has 0 radical (unpaired) electrons. The zero-order chi connectivity index (χ0) is 13.1. The summed E-state index contributed by atoms with van der Waals surface area (Å²) in [6.45, 7) is 4.90. The molecule has 0 saturated carbocycles. The van der Waals surface area contributed by atoms with Gasteiger partial charge in [-0.05, 0) is 31.5 Å². The zero-order valence-electron chi connectivity index (χ0n) is 10.2. The molecule has 4 heteroatoms. The smallest absolute Gasteiger partial charge is 0.338 e. The van der Waals surface area contributed by atoms with Gasteiger partial charge in [-0.15, -0.1) is 0 Å². The van der Waals surface area contributed by atoms with E-state index in [0.717, 1.165) is 0 Å². The highest BCUT2D eigenvalue weighted by Gasteiger charge is 2.38. The SMILES string of the molecule is CCOC(=O)C(C)(O)C(C)c1cccc(F)c1. The summed E-state index contributed by atoms with van der Waals surface area (Å²) in [7, 11) is 0. The van der Waals surface area contributed by atoms with E-state index in [2.05, 4.69) is 0 Å². The van der Waals surface area contributed by atoms with E-state index in [9.17, 15) is 14.3 Å². The van der Waals surface area contributed by atoms with Gasteiger partial charge >= 0.3 is 5.97 Å². The highest BCUT2D eigenvalue weighted by molar-refractivity contribution is 5.80. The van der Waals surface area contributed by atoms with Crippen molar-refractivity contribution in [1.29, 1.82) is 0 Å². The Bertz CT molecular complexity index is 401. The largest absolute Gasteiger partial charge is 0.464 e. The van der Waals surface area contributed by atoms with Gasteiger partial charge in [0.2, 0.25) is 0 Å². The molecule has 94 valence electrons. The molecule has 1 aromatic rings. The minimum atomic E-state index is -1.66. The summed E-state index contributed by atoms with van der Waals surface area (Å²) in [4.78, 5) is 11.6. The second-order valence-corrected chi connectivity index (χ2v) is 4.14. The van der Waals surface area contributed by atoms with Gasteiger partial charge in [0.1, 0.15) is 5.82 Å². The van der Waals surface area contributed by atoms with Gasteiger partial charge in [0.05, 0.1) is 6.61 Å². The second kappa shape index (κ2) is 5.27. The van der Waals surface area contributed by atoms with Crippen molar-refractivity contribution in [3.8, 4) is 0 Å². The minimum Gasteiger partial charge on any atom is -0.464 e. The number of hydrogen-bond acceptors (Lipinski definition) is 3. The Kier molecular flexibility index (Phi) is 4.23. The van der Waals surface area contributed by atoms with Gasteiger partial charge < -0.3 is 9.84 Å². The summed E-state index contributed by atoms with van der Waals surface area (Å²) < 4.78 is 17.9. The molecule has 0 amide bonds. The fourth-order valence-electron chi connectivity index (χ4n) is 1.55. The Labute approximate surface area is 100 Å². The first-order valence-corrected chi connectivity index (χ1v) is 5.54. The van der Waals surface area contributed by atoms with Crippen LogP contribution in [0.5, 0.6) is 0 Å². The lowest BCUT2D eigenvalue weighted by Crippen LogP contribution is -2.41. The molecule has 0 spiro atoms. The number of carbonyl (C=O) groups excluding carboxylic acids is 1. The van der Waals surface area contributed by atoms with Gasteiger partial charge in [0, 0.05) is 5.92 Å². The first-order chi connectivity index (χ1) is 7.89. The number of rotatable bonds is 4. The van der Waals surface area contributed by atoms with E-state index in [1.54, 1.807) is 26.0 Å². The third kappa shape index (κ3) is 3.03. The van der Waals surface area contributed by atoms with Crippen molar-refractivity contribution in [1.82, 2.24) is 0 Å². The molecule has 1 N–H and O–H groups in total. The quantitative estimate of drug-likeness (QED) is 0.821. The van der Waals surface area contributed by atoms with Crippen molar-refractivity contribution >= 4 is 5.97 Å². The van der Waals surface area contributed by atoms with Crippen LogP contribution in [-0.2, 0) is 9.53 Å². The topological polar surface area (TPSA) is 46.5 Å². The number of aliphatic hydroxyl groups is 1. The molecule has 0 heterocycles. The van der Waals surface area contributed by atoms with Crippen molar-refractivity contribution in [2.75, 3.05) is 6.61 Å². The van der Waals surface area contributed by atoms with Crippen LogP contribution in [-0.4, -0.2) is 23.3 Å². The van der Waals surface area contributed by atoms with Gasteiger partial charge in [-0.25, -0.2) is 9.18 Å². The molecule has 17 heavy (non-hydrogen) atoms. The summed E-state index contributed by atoms with van der Waals surface area (Å²) in [5.41, 5.74) is -1.10. The molecule has 0 fully saturated rings. The fraction of sp³-hybridized carbons (Fsp3) is 0.462. The highest BCUT2D eigenvalue weighted by Crippen LogP contribution is 2.29. The lowest BCUT2D eigenvalue weighted by Gasteiger charge is -2.28. The number of ether oxygens (including phenoxy) is 1.